The van der Waals surface area contributed by atoms with Crippen LogP contribution in [-0.2, 0) is 14.3 Å². The van der Waals surface area contributed by atoms with Gasteiger partial charge in [0.2, 0.25) is 11.8 Å². The summed E-state index contributed by atoms with van der Waals surface area (Å²) in [7, 11) is 0. The predicted octanol–water partition coefficient (Wildman–Crippen LogP) is 2.97. The van der Waals surface area contributed by atoms with Crippen molar-refractivity contribution in [1.29, 1.82) is 0 Å². The number of alkyl carbamates (subject to hydrolysis) is 1. The number of hydrogen-bond donors (Lipinski definition) is 3. The van der Waals surface area contributed by atoms with Crippen LogP contribution < -0.4 is 20.9 Å². The van der Waals surface area contributed by atoms with E-state index in [0.29, 0.717) is 30.7 Å². The Morgan fingerprint density at radius 2 is 1.73 bits per heavy atom. The Balaban J connectivity index is 0.984. The highest BCUT2D eigenvalue weighted by atomic mass is 16.6. The van der Waals surface area contributed by atoms with Gasteiger partial charge in [0.1, 0.15) is 11.6 Å². The highest BCUT2D eigenvalue weighted by Gasteiger charge is 2.56. The van der Waals surface area contributed by atoms with E-state index in [0.717, 1.165) is 44.3 Å². The molecule has 0 bridgehead atoms. The average molecular weight is 512 g/mol. The number of anilines is 2. The highest BCUT2D eigenvalue weighted by molar-refractivity contribution is 6.01. The molecule has 0 aromatic heterocycles. The Hall–Kier alpha value is -2.81. The fourth-order valence-electron chi connectivity index (χ4n) is 6.10. The normalized spacial score (nSPS) is 28.5. The molecular weight excluding hydrogens is 470 g/mol. The first-order chi connectivity index (χ1) is 17.6. The van der Waals surface area contributed by atoms with Crippen LogP contribution in [0.1, 0.15) is 52.9 Å². The molecule has 4 aliphatic rings. The van der Waals surface area contributed by atoms with Gasteiger partial charge in [-0.1, -0.05) is 0 Å². The first-order valence-electron chi connectivity index (χ1n) is 13.8. The molecular formula is C28H41N5O4. The molecule has 37 heavy (non-hydrogen) atoms. The maximum absolute atomic E-state index is 12.0. The summed E-state index contributed by atoms with van der Waals surface area (Å²) in [6.07, 6.45) is 4.28. The van der Waals surface area contributed by atoms with Gasteiger partial charge in [0.05, 0.1) is 0 Å². The van der Waals surface area contributed by atoms with E-state index in [9.17, 15) is 14.4 Å². The minimum atomic E-state index is -0.450. The largest absolute Gasteiger partial charge is 0.444 e. The monoisotopic (exact) mass is 511 g/mol. The quantitative estimate of drug-likeness (QED) is 0.484. The number of piperidine rings is 3. The van der Waals surface area contributed by atoms with Crippen molar-refractivity contribution in [2.45, 2.75) is 70.6 Å². The number of nitrogens with one attached hydrogen (secondary N) is 3. The van der Waals surface area contributed by atoms with E-state index in [2.05, 4.69) is 37.9 Å². The molecule has 9 heteroatoms. The van der Waals surface area contributed by atoms with Gasteiger partial charge < -0.3 is 25.2 Å². The summed E-state index contributed by atoms with van der Waals surface area (Å²) in [5, 5.41) is 8.70. The minimum absolute atomic E-state index is 0.194. The molecule has 3 aliphatic heterocycles. The molecule has 3 heterocycles. The number of rotatable bonds is 7. The lowest BCUT2D eigenvalue weighted by molar-refractivity contribution is -0.133. The van der Waals surface area contributed by atoms with Crippen LogP contribution in [0.25, 0.3) is 0 Å². The van der Waals surface area contributed by atoms with Crippen molar-refractivity contribution in [3.05, 3.63) is 24.3 Å². The zero-order valence-electron chi connectivity index (χ0n) is 22.3. The predicted molar refractivity (Wildman–Crippen MR) is 142 cm³/mol. The Morgan fingerprint density at radius 3 is 2.35 bits per heavy atom. The van der Waals surface area contributed by atoms with E-state index in [1.165, 1.54) is 24.9 Å². The Kier molecular flexibility index (Phi) is 7.34. The summed E-state index contributed by atoms with van der Waals surface area (Å²) in [5.41, 5.74) is 1.67. The van der Waals surface area contributed by atoms with Crippen LogP contribution in [0.3, 0.4) is 0 Å². The Morgan fingerprint density at radius 1 is 1.05 bits per heavy atom. The third-order valence-electron chi connectivity index (χ3n) is 8.23. The van der Waals surface area contributed by atoms with Gasteiger partial charge in [0.15, 0.2) is 0 Å². The lowest BCUT2D eigenvalue weighted by Gasteiger charge is -2.34. The van der Waals surface area contributed by atoms with Crippen LogP contribution in [0.4, 0.5) is 16.2 Å². The van der Waals surface area contributed by atoms with E-state index in [1.807, 2.05) is 32.9 Å². The number of ether oxygens (including phenoxy) is 1. The summed E-state index contributed by atoms with van der Waals surface area (Å²) in [4.78, 5) is 40.4. The topological polar surface area (TPSA) is 103 Å². The molecule has 9 nitrogen and oxygen atoms in total. The number of imide groups is 1. The summed E-state index contributed by atoms with van der Waals surface area (Å²) in [5.74, 6) is 1.49. The maximum Gasteiger partial charge on any atom is 0.407 e. The number of carbonyl (C=O) groups excluding carboxylic acids is 3. The minimum Gasteiger partial charge on any atom is -0.444 e. The summed E-state index contributed by atoms with van der Waals surface area (Å²) >= 11 is 0. The van der Waals surface area contributed by atoms with E-state index < -0.39 is 5.60 Å². The fourth-order valence-corrected chi connectivity index (χ4v) is 6.10. The molecule has 1 aromatic carbocycles. The number of hydrogen-bond acceptors (Lipinski definition) is 7. The first-order valence-corrected chi connectivity index (χ1v) is 13.8. The molecule has 4 fully saturated rings. The van der Waals surface area contributed by atoms with E-state index in [-0.39, 0.29) is 23.9 Å². The van der Waals surface area contributed by atoms with E-state index in [4.69, 9.17) is 4.74 Å². The molecule has 1 aromatic rings. The maximum atomic E-state index is 12.0. The third-order valence-corrected chi connectivity index (χ3v) is 8.23. The van der Waals surface area contributed by atoms with Gasteiger partial charge in [-0.25, -0.2) is 4.79 Å². The van der Waals surface area contributed by atoms with Crippen LogP contribution >= 0.6 is 0 Å². The van der Waals surface area contributed by atoms with Gasteiger partial charge in [0, 0.05) is 50.0 Å². The third kappa shape index (κ3) is 6.55. The van der Waals surface area contributed by atoms with Crippen molar-refractivity contribution in [3.63, 3.8) is 0 Å². The molecule has 3 amide bonds. The van der Waals surface area contributed by atoms with Crippen molar-refractivity contribution in [1.82, 2.24) is 15.5 Å². The van der Waals surface area contributed by atoms with Gasteiger partial charge in [0.25, 0.3) is 0 Å². The number of carbonyl (C=O) groups is 3. The molecule has 0 radical (unpaired) electrons. The first kappa shape index (κ1) is 25.8. The average Bonchev–Trinajstić information content (AvgIpc) is 3.27. The lowest BCUT2D eigenvalue weighted by Crippen LogP contribution is -2.47. The van der Waals surface area contributed by atoms with Gasteiger partial charge in [-0.2, -0.15) is 0 Å². The zero-order valence-corrected chi connectivity index (χ0v) is 22.3. The highest BCUT2D eigenvalue weighted by Crippen LogP contribution is 2.45. The van der Waals surface area contributed by atoms with Crippen LogP contribution in [0, 0.1) is 17.8 Å². The Labute approximate surface area is 219 Å². The summed E-state index contributed by atoms with van der Waals surface area (Å²) < 4.78 is 5.40. The molecule has 5 rings (SSSR count). The van der Waals surface area contributed by atoms with Crippen LogP contribution in [0.5, 0.6) is 0 Å². The van der Waals surface area contributed by atoms with Gasteiger partial charge in [-0.05, 0) is 95.0 Å². The Bertz CT molecular complexity index is 987. The summed E-state index contributed by atoms with van der Waals surface area (Å²) in [6.45, 7) is 11.1. The van der Waals surface area contributed by atoms with Crippen molar-refractivity contribution >= 4 is 29.3 Å². The molecule has 3 atom stereocenters. The molecule has 1 saturated carbocycles. The van der Waals surface area contributed by atoms with Crippen molar-refractivity contribution < 1.29 is 19.1 Å². The standard InChI is InChI=1S/C28H41N5O4/c1-28(2,3)37-27(36)31-25-21-16-32(17-22(21)25)13-10-18-11-14-33(15-12-18)20-6-4-19(5-7-20)29-23-8-9-24(34)30-26(23)35/h4-7,18,21-23,25,29H,8-17H2,1-3H3,(H,31,36)(H,30,34,35). The van der Waals surface area contributed by atoms with Crippen LogP contribution in [0.2, 0.25) is 0 Å². The van der Waals surface area contributed by atoms with Gasteiger partial charge in [-0.3, -0.25) is 14.9 Å². The summed E-state index contributed by atoms with van der Waals surface area (Å²) in [6, 6.07) is 8.22. The van der Waals surface area contributed by atoms with Gasteiger partial charge >= 0.3 is 6.09 Å². The van der Waals surface area contributed by atoms with E-state index in [1.54, 1.807) is 0 Å². The number of fused-ring (bicyclic) bond motifs is 1. The van der Waals surface area contributed by atoms with Crippen LogP contribution in [-0.4, -0.2) is 73.2 Å². The molecule has 202 valence electrons. The fraction of sp³-hybridized carbons (Fsp3) is 0.679. The number of likely N-dealkylation sites (tertiary alicyclic amines) is 1. The second kappa shape index (κ2) is 10.5. The smallest absolute Gasteiger partial charge is 0.407 e. The molecule has 0 spiro atoms. The molecule has 3 N–H and O–H groups in total. The van der Waals surface area contributed by atoms with E-state index >= 15 is 0 Å². The van der Waals surface area contributed by atoms with Crippen LogP contribution in [0.15, 0.2) is 24.3 Å². The second-order valence-corrected chi connectivity index (χ2v) is 12.2. The number of nitrogens with zero attached hydrogens (tertiary/aromatic N) is 2. The second-order valence-electron chi connectivity index (χ2n) is 12.2. The van der Waals surface area contributed by atoms with Crippen molar-refractivity contribution in [2.75, 3.05) is 42.9 Å². The SMILES string of the molecule is CC(C)(C)OC(=O)NC1C2CN(CCC3CCN(c4ccc(NC5CCC(=O)NC5=O)cc4)CC3)CC21. The molecule has 3 unspecified atom stereocenters. The molecule has 3 saturated heterocycles. The molecule has 1 aliphatic carbocycles. The van der Waals surface area contributed by atoms with Crippen molar-refractivity contribution in [2.24, 2.45) is 17.8 Å². The van der Waals surface area contributed by atoms with Gasteiger partial charge in [-0.15, -0.1) is 0 Å². The number of benzene rings is 1. The lowest BCUT2D eigenvalue weighted by atomic mass is 9.93. The van der Waals surface area contributed by atoms with Crippen molar-refractivity contribution in [3.8, 4) is 0 Å². The number of amides is 3. The zero-order chi connectivity index (χ0) is 26.2.